The molecule has 1 aliphatic carbocycles. The van der Waals surface area contributed by atoms with Crippen LogP contribution in [0.2, 0.25) is 0 Å². The predicted molar refractivity (Wildman–Crippen MR) is 94.5 cm³/mol. The topological polar surface area (TPSA) is 46.9 Å². The smallest absolute Gasteiger partial charge is 0.257 e. The van der Waals surface area contributed by atoms with Gasteiger partial charge in [0.05, 0.1) is 17.8 Å². The van der Waals surface area contributed by atoms with Gasteiger partial charge in [-0.2, -0.15) is 5.10 Å². The fraction of sp³-hybridized carbons (Fsp3) is 0.333. The van der Waals surface area contributed by atoms with Crippen molar-refractivity contribution in [1.82, 2.24) is 9.78 Å². The zero-order valence-corrected chi connectivity index (χ0v) is 15.1. The monoisotopic (exact) mass is 459 g/mol. The molecule has 1 saturated carbocycles. The number of amides is 1. The molecule has 4 nitrogen and oxygen atoms in total. The lowest BCUT2D eigenvalue weighted by molar-refractivity contribution is 0.102. The van der Waals surface area contributed by atoms with Gasteiger partial charge in [-0.1, -0.05) is 28.8 Å². The summed E-state index contributed by atoms with van der Waals surface area (Å²) in [6, 6.07) is 7.97. The third kappa shape index (κ3) is 3.31. The molecule has 110 valence electrons. The average Bonchev–Trinajstić information content (AvgIpc) is 3.11. The SMILES string of the molecule is O=C(Nc1ccnn1C1CCCC1)c1cc(Br)ccc1I. The molecule has 1 aromatic carbocycles. The number of rotatable bonds is 3. The third-order valence-corrected chi connectivity index (χ3v) is 5.19. The summed E-state index contributed by atoms with van der Waals surface area (Å²) in [5.74, 6) is 0.683. The van der Waals surface area contributed by atoms with Gasteiger partial charge in [0, 0.05) is 14.1 Å². The van der Waals surface area contributed by atoms with Gasteiger partial charge in [-0.25, -0.2) is 4.68 Å². The number of halogens is 2. The maximum Gasteiger partial charge on any atom is 0.257 e. The molecule has 6 heteroatoms. The molecule has 0 spiro atoms. The second kappa shape index (κ2) is 6.48. The molecule has 0 radical (unpaired) electrons. The minimum Gasteiger partial charge on any atom is -0.307 e. The summed E-state index contributed by atoms with van der Waals surface area (Å²) in [5, 5.41) is 7.36. The maximum atomic E-state index is 12.5. The largest absolute Gasteiger partial charge is 0.307 e. The highest BCUT2D eigenvalue weighted by Crippen LogP contribution is 2.31. The number of nitrogens with zero attached hydrogens (tertiary/aromatic N) is 2. The number of benzene rings is 1. The Balaban J connectivity index is 1.82. The molecule has 1 N–H and O–H groups in total. The summed E-state index contributed by atoms with van der Waals surface area (Å²) in [7, 11) is 0. The molecule has 0 unspecified atom stereocenters. The minimum atomic E-state index is -0.0968. The average molecular weight is 460 g/mol. The lowest BCUT2D eigenvalue weighted by atomic mass is 10.2. The molecule has 1 aliphatic rings. The number of carbonyl (C=O) groups excluding carboxylic acids is 1. The number of hydrogen-bond acceptors (Lipinski definition) is 2. The van der Waals surface area contributed by atoms with Gasteiger partial charge >= 0.3 is 0 Å². The Kier molecular flexibility index (Phi) is 4.63. The van der Waals surface area contributed by atoms with Crippen molar-refractivity contribution in [3.05, 3.63) is 44.1 Å². The van der Waals surface area contributed by atoms with Crippen molar-refractivity contribution in [3.63, 3.8) is 0 Å². The summed E-state index contributed by atoms with van der Waals surface area (Å²) in [4.78, 5) is 12.5. The maximum absolute atomic E-state index is 12.5. The molecular weight excluding hydrogens is 445 g/mol. The van der Waals surface area contributed by atoms with Crippen LogP contribution >= 0.6 is 38.5 Å². The fourth-order valence-electron chi connectivity index (χ4n) is 2.71. The van der Waals surface area contributed by atoms with Crippen molar-refractivity contribution in [3.8, 4) is 0 Å². The quantitative estimate of drug-likeness (QED) is 0.681. The van der Waals surface area contributed by atoms with Gasteiger partial charge in [-0.15, -0.1) is 0 Å². The van der Waals surface area contributed by atoms with Crippen molar-refractivity contribution in [2.24, 2.45) is 0 Å². The van der Waals surface area contributed by atoms with E-state index in [1.54, 1.807) is 6.20 Å². The van der Waals surface area contributed by atoms with Gasteiger partial charge in [0.25, 0.3) is 5.91 Å². The Morgan fingerprint density at radius 2 is 2.10 bits per heavy atom. The van der Waals surface area contributed by atoms with E-state index in [0.29, 0.717) is 11.6 Å². The first-order valence-electron chi connectivity index (χ1n) is 6.95. The Hall–Kier alpha value is -0.890. The second-order valence-electron chi connectivity index (χ2n) is 5.18. The van der Waals surface area contributed by atoms with Crippen LogP contribution in [0.3, 0.4) is 0 Å². The van der Waals surface area contributed by atoms with Crippen LogP contribution in [0.4, 0.5) is 5.82 Å². The van der Waals surface area contributed by atoms with E-state index in [4.69, 9.17) is 0 Å². The summed E-state index contributed by atoms with van der Waals surface area (Å²) >= 11 is 5.59. The van der Waals surface area contributed by atoms with E-state index in [-0.39, 0.29) is 5.91 Å². The van der Waals surface area contributed by atoms with Crippen LogP contribution in [0.25, 0.3) is 0 Å². The van der Waals surface area contributed by atoms with Crippen molar-refractivity contribution in [2.45, 2.75) is 31.7 Å². The fourth-order valence-corrected chi connectivity index (χ4v) is 3.65. The summed E-state index contributed by atoms with van der Waals surface area (Å²) < 4.78 is 3.79. The molecule has 1 fully saturated rings. The highest BCUT2D eigenvalue weighted by molar-refractivity contribution is 14.1. The standard InChI is InChI=1S/C15H15BrIN3O/c16-10-5-6-13(17)12(9-10)15(21)19-14-7-8-18-20(14)11-3-1-2-4-11/h5-9,11H,1-4H2,(H,19,21). The molecule has 1 aromatic heterocycles. The molecular formula is C15H15BrIN3O. The number of hydrogen-bond donors (Lipinski definition) is 1. The van der Waals surface area contributed by atoms with Gasteiger partial charge in [-0.05, 0) is 53.6 Å². The minimum absolute atomic E-state index is 0.0968. The summed E-state index contributed by atoms with van der Waals surface area (Å²) in [6.45, 7) is 0. The van der Waals surface area contributed by atoms with Crippen molar-refractivity contribution >= 4 is 50.2 Å². The lowest BCUT2D eigenvalue weighted by Gasteiger charge is -2.15. The summed E-state index contributed by atoms with van der Waals surface area (Å²) in [6.07, 6.45) is 6.50. The van der Waals surface area contributed by atoms with Crippen LogP contribution in [-0.2, 0) is 0 Å². The first-order valence-corrected chi connectivity index (χ1v) is 8.82. The van der Waals surface area contributed by atoms with Gasteiger partial charge in [0.2, 0.25) is 0 Å². The number of aromatic nitrogens is 2. The normalized spacial score (nSPS) is 15.3. The van der Waals surface area contributed by atoms with Gasteiger partial charge in [0.1, 0.15) is 5.82 Å². The molecule has 0 bridgehead atoms. The second-order valence-corrected chi connectivity index (χ2v) is 7.26. The van der Waals surface area contributed by atoms with E-state index in [1.165, 1.54) is 12.8 Å². The van der Waals surface area contributed by atoms with E-state index < -0.39 is 0 Å². The Morgan fingerprint density at radius 3 is 2.86 bits per heavy atom. The first-order chi connectivity index (χ1) is 10.1. The van der Waals surface area contributed by atoms with Crippen LogP contribution in [0.15, 0.2) is 34.9 Å². The van der Waals surface area contributed by atoms with Crippen LogP contribution in [0.5, 0.6) is 0 Å². The van der Waals surface area contributed by atoms with E-state index in [0.717, 1.165) is 26.7 Å². The van der Waals surface area contributed by atoms with E-state index in [9.17, 15) is 4.79 Å². The van der Waals surface area contributed by atoms with Crippen LogP contribution in [-0.4, -0.2) is 15.7 Å². The van der Waals surface area contributed by atoms with E-state index in [2.05, 4.69) is 48.9 Å². The zero-order valence-electron chi connectivity index (χ0n) is 11.4. The molecule has 1 heterocycles. The number of carbonyl (C=O) groups is 1. The van der Waals surface area contributed by atoms with Gasteiger partial charge in [-0.3, -0.25) is 4.79 Å². The third-order valence-electron chi connectivity index (χ3n) is 3.76. The lowest BCUT2D eigenvalue weighted by Crippen LogP contribution is -2.18. The zero-order chi connectivity index (χ0) is 14.8. The predicted octanol–water partition coefficient (Wildman–Crippen LogP) is 4.62. The molecule has 0 atom stereocenters. The van der Waals surface area contributed by atoms with Crippen molar-refractivity contribution in [2.75, 3.05) is 5.32 Å². The Labute approximate surface area is 145 Å². The molecule has 21 heavy (non-hydrogen) atoms. The van der Waals surface area contributed by atoms with E-state index in [1.807, 2.05) is 28.9 Å². The van der Waals surface area contributed by atoms with Gasteiger partial charge in [0.15, 0.2) is 0 Å². The van der Waals surface area contributed by atoms with Crippen molar-refractivity contribution < 1.29 is 4.79 Å². The highest BCUT2D eigenvalue weighted by atomic mass is 127. The Morgan fingerprint density at radius 1 is 1.33 bits per heavy atom. The Bertz CT molecular complexity index is 665. The van der Waals surface area contributed by atoms with Crippen molar-refractivity contribution in [1.29, 1.82) is 0 Å². The first kappa shape index (κ1) is 15.0. The summed E-state index contributed by atoms with van der Waals surface area (Å²) in [5.41, 5.74) is 0.671. The molecule has 0 aliphatic heterocycles. The van der Waals surface area contributed by atoms with Crippen LogP contribution in [0.1, 0.15) is 42.1 Å². The molecule has 0 saturated heterocycles. The molecule has 2 aromatic rings. The van der Waals surface area contributed by atoms with Crippen LogP contribution in [0, 0.1) is 3.57 Å². The molecule has 3 rings (SSSR count). The highest BCUT2D eigenvalue weighted by Gasteiger charge is 2.21. The molecule has 1 amide bonds. The van der Waals surface area contributed by atoms with Gasteiger partial charge < -0.3 is 5.32 Å². The van der Waals surface area contributed by atoms with Crippen LogP contribution < -0.4 is 5.32 Å². The number of anilines is 1. The van der Waals surface area contributed by atoms with E-state index >= 15 is 0 Å². The number of nitrogens with one attached hydrogen (secondary N) is 1.